The van der Waals surface area contributed by atoms with Gasteiger partial charge in [-0.05, 0) is 19.8 Å². The molecular formula is C12H24N4O. The lowest BCUT2D eigenvalue weighted by Gasteiger charge is -2.33. The fourth-order valence-corrected chi connectivity index (χ4v) is 2.60. The summed E-state index contributed by atoms with van der Waals surface area (Å²) in [7, 11) is 0. The fraction of sp³-hybridized carbons (Fsp3) is 0.917. The third-order valence-electron chi connectivity index (χ3n) is 3.55. The van der Waals surface area contributed by atoms with Crippen LogP contribution in [-0.2, 0) is 4.74 Å². The second-order valence-electron chi connectivity index (χ2n) is 5.02. The molecule has 1 atom stereocenters. The standard InChI is InChI=1S/C12H24N4O/c1-10-9-16(7-8-17-10)12(15-13)14-11-5-3-2-4-6-11/h10-11H,2-9,13H2,1H3,(H,14,15). The zero-order valence-corrected chi connectivity index (χ0v) is 10.7. The summed E-state index contributed by atoms with van der Waals surface area (Å²) >= 11 is 0. The van der Waals surface area contributed by atoms with Crippen molar-refractivity contribution in [2.24, 2.45) is 10.8 Å². The number of nitrogens with two attached hydrogens (primary N) is 1. The molecule has 0 bridgehead atoms. The molecule has 17 heavy (non-hydrogen) atoms. The van der Waals surface area contributed by atoms with Crippen LogP contribution in [0.3, 0.4) is 0 Å². The van der Waals surface area contributed by atoms with Crippen molar-refractivity contribution in [1.82, 2.24) is 10.3 Å². The quantitative estimate of drug-likeness (QED) is 0.309. The van der Waals surface area contributed by atoms with Crippen molar-refractivity contribution < 1.29 is 4.74 Å². The molecule has 1 saturated heterocycles. The molecule has 2 rings (SSSR count). The summed E-state index contributed by atoms with van der Waals surface area (Å²) < 4.78 is 5.53. The van der Waals surface area contributed by atoms with E-state index in [9.17, 15) is 0 Å². The zero-order valence-electron chi connectivity index (χ0n) is 10.7. The highest BCUT2D eigenvalue weighted by molar-refractivity contribution is 5.79. The first-order valence-electron chi connectivity index (χ1n) is 6.70. The molecule has 0 radical (unpaired) electrons. The molecule has 1 aliphatic heterocycles. The van der Waals surface area contributed by atoms with Crippen molar-refractivity contribution >= 4 is 5.96 Å². The Bertz CT molecular complexity index is 263. The van der Waals surface area contributed by atoms with Crippen LogP contribution in [0.5, 0.6) is 0 Å². The minimum absolute atomic E-state index is 0.258. The number of hydrogen-bond acceptors (Lipinski definition) is 3. The molecule has 3 N–H and O–H groups in total. The first-order chi connectivity index (χ1) is 8.29. The Balaban J connectivity index is 1.95. The summed E-state index contributed by atoms with van der Waals surface area (Å²) in [6.07, 6.45) is 6.60. The van der Waals surface area contributed by atoms with E-state index in [1.807, 2.05) is 0 Å². The maximum atomic E-state index is 5.60. The Morgan fingerprint density at radius 3 is 2.76 bits per heavy atom. The van der Waals surface area contributed by atoms with E-state index in [2.05, 4.69) is 17.2 Å². The van der Waals surface area contributed by atoms with E-state index >= 15 is 0 Å². The monoisotopic (exact) mass is 240 g/mol. The molecule has 0 spiro atoms. The Labute approximate surface area is 103 Å². The highest BCUT2D eigenvalue weighted by Crippen LogP contribution is 2.20. The van der Waals surface area contributed by atoms with Gasteiger partial charge in [0, 0.05) is 13.1 Å². The van der Waals surface area contributed by atoms with Gasteiger partial charge in [0.25, 0.3) is 0 Å². The Morgan fingerprint density at radius 1 is 1.35 bits per heavy atom. The van der Waals surface area contributed by atoms with Gasteiger partial charge >= 0.3 is 0 Å². The summed E-state index contributed by atoms with van der Waals surface area (Å²) in [6.45, 7) is 4.59. The van der Waals surface area contributed by atoms with E-state index in [1.54, 1.807) is 0 Å². The molecule has 98 valence electrons. The van der Waals surface area contributed by atoms with Crippen molar-refractivity contribution in [2.45, 2.75) is 51.2 Å². The van der Waals surface area contributed by atoms with Crippen molar-refractivity contribution in [3.8, 4) is 0 Å². The van der Waals surface area contributed by atoms with Gasteiger partial charge in [0.2, 0.25) is 5.96 Å². The summed E-state index contributed by atoms with van der Waals surface area (Å²) in [5, 5.41) is 0. The van der Waals surface area contributed by atoms with Crippen LogP contribution in [0.2, 0.25) is 0 Å². The lowest BCUT2D eigenvalue weighted by Crippen LogP contribution is -2.52. The van der Waals surface area contributed by atoms with Crippen LogP contribution in [0.1, 0.15) is 39.0 Å². The van der Waals surface area contributed by atoms with E-state index in [0.29, 0.717) is 6.04 Å². The molecule has 5 nitrogen and oxygen atoms in total. The van der Waals surface area contributed by atoms with Gasteiger partial charge in [-0.2, -0.15) is 0 Å². The summed E-state index contributed by atoms with van der Waals surface area (Å²) in [6, 6.07) is 0.452. The molecule has 0 aromatic rings. The maximum absolute atomic E-state index is 5.60. The van der Waals surface area contributed by atoms with Gasteiger partial charge in [-0.3, -0.25) is 5.43 Å². The first-order valence-corrected chi connectivity index (χ1v) is 6.70. The van der Waals surface area contributed by atoms with Crippen LogP contribution in [0.25, 0.3) is 0 Å². The zero-order chi connectivity index (χ0) is 12.1. The van der Waals surface area contributed by atoms with Gasteiger partial charge in [-0.25, -0.2) is 10.8 Å². The highest BCUT2D eigenvalue weighted by Gasteiger charge is 2.21. The summed E-state index contributed by atoms with van der Waals surface area (Å²) in [4.78, 5) is 6.96. The number of nitrogens with zero attached hydrogens (tertiary/aromatic N) is 2. The van der Waals surface area contributed by atoms with Crippen LogP contribution in [0, 0.1) is 0 Å². The number of hydrogen-bond donors (Lipinski definition) is 2. The third-order valence-corrected chi connectivity index (χ3v) is 3.55. The predicted octanol–water partition coefficient (Wildman–Crippen LogP) is 0.859. The Hall–Kier alpha value is -0.810. The largest absolute Gasteiger partial charge is 0.375 e. The van der Waals surface area contributed by atoms with E-state index in [0.717, 1.165) is 25.7 Å². The molecule has 5 heteroatoms. The predicted molar refractivity (Wildman–Crippen MR) is 68.6 cm³/mol. The number of morpholine rings is 1. The summed E-state index contributed by atoms with van der Waals surface area (Å²) in [5.41, 5.74) is 2.76. The van der Waals surface area contributed by atoms with Gasteiger partial charge in [-0.15, -0.1) is 0 Å². The number of aliphatic imine (C=N–C) groups is 1. The normalized spacial score (nSPS) is 28.2. The number of nitrogens with one attached hydrogen (secondary N) is 1. The van der Waals surface area contributed by atoms with Gasteiger partial charge in [0.05, 0.1) is 18.8 Å². The molecule has 2 aliphatic rings. The van der Waals surface area contributed by atoms with Gasteiger partial charge in [0.1, 0.15) is 0 Å². The SMILES string of the molecule is CC1CN(C(=NC2CCCCC2)NN)CCO1. The van der Waals surface area contributed by atoms with Crippen LogP contribution < -0.4 is 11.3 Å². The van der Waals surface area contributed by atoms with Crippen LogP contribution in [-0.4, -0.2) is 42.7 Å². The minimum atomic E-state index is 0.258. The average Bonchev–Trinajstić information content (AvgIpc) is 2.37. The van der Waals surface area contributed by atoms with Crippen molar-refractivity contribution in [1.29, 1.82) is 0 Å². The molecular weight excluding hydrogens is 216 g/mol. The van der Waals surface area contributed by atoms with Crippen LogP contribution in [0.4, 0.5) is 0 Å². The number of guanidine groups is 1. The minimum Gasteiger partial charge on any atom is -0.375 e. The molecule has 0 aromatic heterocycles. The number of rotatable bonds is 1. The van der Waals surface area contributed by atoms with E-state index in [1.165, 1.54) is 32.1 Å². The second-order valence-corrected chi connectivity index (χ2v) is 5.02. The van der Waals surface area contributed by atoms with Crippen LogP contribution in [0.15, 0.2) is 4.99 Å². The van der Waals surface area contributed by atoms with Crippen LogP contribution >= 0.6 is 0 Å². The number of ether oxygens (including phenoxy) is 1. The highest BCUT2D eigenvalue weighted by atomic mass is 16.5. The third kappa shape index (κ3) is 3.57. The molecule has 1 saturated carbocycles. The van der Waals surface area contributed by atoms with E-state index in [-0.39, 0.29) is 6.10 Å². The molecule has 2 fully saturated rings. The van der Waals surface area contributed by atoms with Crippen molar-refractivity contribution in [3.05, 3.63) is 0 Å². The van der Waals surface area contributed by atoms with E-state index < -0.39 is 0 Å². The fourth-order valence-electron chi connectivity index (χ4n) is 2.60. The number of hydrazine groups is 1. The molecule has 1 unspecified atom stereocenters. The molecule has 0 amide bonds. The van der Waals surface area contributed by atoms with Crippen molar-refractivity contribution in [3.63, 3.8) is 0 Å². The Morgan fingerprint density at radius 2 is 2.12 bits per heavy atom. The molecule has 0 aromatic carbocycles. The van der Waals surface area contributed by atoms with Gasteiger partial charge in [-0.1, -0.05) is 19.3 Å². The van der Waals surface area contributed by atoms with E-state index in [4.69, 9.17) is 15.6 Å². The average molecular weight is 240 g/mol. The molecule has 1 heterocycles. The van der Waals surface area contributed by atoms with Crippen molar-refractivity contribution in [2.75, 3.05) is 19.7 Å². The smallest absolute Gasteiger partial charge is 0.208 e. The topological polar surface area (TPSA) is 62.9 Å². The second kappa shape index (κ2) is 6.21. The van der Waals surface area contributed by atoms with Gasteiger partial charge < -0.3 is 9.64 Å². The summed E-state index contributed by atoms with van der Waals surface area (Å²) in [5.74, 6) is 6.44. The molecule has 1 aliphatic carbocycles. The van der Waals surface area contributed by atoms with Gasteiger partial charge in [0.15, 0.2) is 0 Å². The lowest BCUT2D eigenvalue weighted by molar-refractivity contribution is 0.00446. The first kappa shape index (κ1) is 12.6. The Kier molecular flexibility index (Phi) is 4.62. The maximum Gasteiger partial charge on any atom is 0.208 e. The lowest BCUT2D eigenvalue weighted by atomic mass is 9.96.